The molecule has 34 heavy (non-hydrogen) atoms. The van der Waals surface area contributed by atoms with Crippen molar-refractivity contribution in [2.75, 3.05) is 32.1 Å². The van der Waals surface area contributed by atoms with Gasteiger partial charge in [-0.25, -0.2) is 9.97 Å². The lowest BCUT2D eigenvalue weighted by molar-refractivity contribution is -0.134. The van der Waals surface area contributed by atoms with Gasteiger partial charge in [0.15, 0.2) is 0 Å². The Balaban J connectivity index is 0.000000751. The van der Waals surface area contributed by atoms with Crippen molar-refractivity contribution in [1.82, 2.24) is 25.5 Å². The van der Waals surface area contributed by atoms with Crippen molar-refractivity contribution in [3.8, 4) is 0 Å². The van der Waals surface area contributed by atoms with Crippen molar-refractivity contribution in [2.24, 2.45) is 5.92 Å². The number of anilines is 1. The number of hydrogen-bond acceptors (Lipinski definition) is 7. The second-order valence-corrected chi connectivity index (χ2v) is 9.86. The summed E-state index contributed by atoms with van der Waals surface area (Å²) in [5.74, 6) is 0.577. The Hall–Kier alpha value is -2.75. The third kappa shape index (κ3) is 7.93. The molecular formula is C24H38N6O4. The second kappa shape index (κ2) is 11.6. The molecule has 2 amide bonds. The number of rotatable bonds is 9. The Morgan fingerprint density at radius 3 is 2.32 bits per heavy atom. The van der Waals surface area contributed by atoms with Gasteiger partial charge in [0.1, 0.15) is 0 Å². The number of carboxylic acids is 1. The summed E-state index contributed by atoms with van der Waals surface area (Å²) in [6.45, 7) is 4.57. The van der Waals surface area contributed by atoms with E-state index < -0.39 is 5.97 Å². The Morgan fingerprint density at radius 2 is 1.76 bits per heavy atom. The molecule has 0 radical (unpaired) electrons. The molecule has 2 atom stereocenters. The van der Waals surface area contributed by atoms with Crippen molar-refractivity contribution < 1.29 is 19.5 Å². The molecule has 188 valence electrons. The SMILES string of the molecule is CC(=O)O.Cc1nc(N(C)C)ncc1C(=O)NC[C@@H]1CC[C@H](CC(=O)NC2CC2)N1CC1CC1. The largest absolute Gasteiger partial charge is 0.481 e. The predicted octanol–water partition coefficient (Wildman–Crippen LogP) is 1.58. The zero-order chi connectivity index (χ0) is 24.8. The lowest BCUT2D eigenvalue weighted by Crippen LogP contribution is -2.45. The van der Waals surface area contributed by atoms with Crippen LogP contribution in [0, 0.1) is 12.8 Å². The van der Waals surface area contributed by atoms with Crippen molar-refractivity contribution in [3.63, 3.8) is 0 Å². The summed E-state index contributed by atoms with van der Waals surface area (Å²) in [7, 11) is 3.76. The number of aromatic nitrogens is 2. The van der Waals surface area contributed by atoms with E-state index in [9.17, 15) is 9.59 Å². The van der Waals surface area contributed by atoms with Crippen molar-refractivity contribution in [3.05, 3.63) is 17.5 Å². The first-order valence-corrected chi connectivity index (χ1v) is 12.2. The minimum Gasteiger partial charge on any atom is -0.481 e. The lowest BCUT2D eigenvalue weighted by atomic mass is 10.1. The summed E-state index contributed by atoms with van der Waals surface area (Å²) >= 11 is 0. The highest BCUT2D eigenvalue weighted by atomic mass is 16.4. The average Bonchev–Trinajstić information content (AvgIpc) is 3.68. The molecule has 2 aliphatic carbocycles. The molecule has 10 heteroatoms. The molecule has 0 unspecified atom stereocenters. The van der Waals surface area contributed by atoms with Gasteiger partial charge in [-0.05, 0) is 51.4 Å². The number of nitrogens with zero attached hydrogens (tertiary/aromatic N) is 4. The van der Waals surface area contributed by atoms with Crippen LogP contribution in [0.1, 0.15) is 67.9 Å². The van der Waals surface area contributed by atoms with E-state index in [1.807, 2.05) is 25.9 Å². The molecule has 2 heterocycles. The van der Waals surface area contributed by atoms with E-state index >= 15 is 0 Å². The van der Waals surface area contributed by atoms with Gasteiger partial charge in [0.2, 0.25) is 11.9 Å². The average molecular weight is 475 g/mol. The molecular weight excluding hydrogens is 436 g/mol. The van der Waals surface area contributed by atoms with Gasteiger partial charge in [-0.1, -0.05) is 0 Å². The van der Waals surface area contributed by atoms with Gasteiger partial charge in [-0.15, -0.1) is 0 Å². The van der Waals surface area contributed by atoms with E-state index in [4.69, 9.17) is 9.90 Å². The standard InChI is InChI=1S/C22H34N6O2.C2H4O2/c1-14-19(12-24-22(25-14)27(2)3)21(30)23-11-18-9-8-17(28(18)13-15-4-5-15)10-20(29)26-16-6-7-16;1-2(3)4/h12,15-18H,4-11,13H2,1-3H3,(H,23,30)(H,26,29);1H3,(H,3,4)/t17-,18+;/m1./s1. The predicted molar refractivity (Wildman–Crippen MR) is 129 cm³/mol. The first kappa shape index (κ1) is 25.9. The lowest BCUT2D eigenvalue weighted by Gasteiger charge is -2.30. The van der Waals surface area contributed by atoms with Crippen LogP contribution in [-0.2, 0) is 9.59 Å². The van der Waals surface area contributed by atoms with Crippen LogP contribution < -0.4 is 15.5 Å². The molecule has 1 aromatic rings. The number of nitrogens with one attached hydrogen (secondary N) is 2. The zero-order valence-corrected chi connectivity index (χ0v) is 20.7. The Kier molecular flexibility index (Phi) is 8.82. The Labute approximate surface area is 201 Å². The topological polar surface area (TPSA) is 128 Å². The van der Waals surface area contributed by atoms with Crippen molar-refractivity contribution in [1.29, 1.82) is 0 Å². The molecule has 2 saturated carbocycles. The number of carbonyl (C=O) groups is 3. The summed E-state index contributed by atoms with van der Waals surface area (Å²) in [5, 5.41) is 13.6. The number of carbonyl (C=O) groups excluding carboxylic acids is 2. The highest BCUT2D eigenvalue weighted by Crippen LogP contribution is 2.35. The quantitative estimate of drug-likeness (QED) is 0.492. The van der Waals surface area contributed by atoms with E-state index in [0.717, 1.165) is 45.1 Å². The monoisotopic (exact) mass is 474 g/mol. The van der Waals surface area contributed by atoms with Crippen LogP contribution in [0.4, 0.5) is 5.95 Å². The molecule has 0 spiro atoms. The highest BCUT2D eigenvalue weighted by Gasteiger charge is 2.38. The molecule has 3 aliphatic rings. The van der Waals surface area contributed by atoms with Crippen LogP contribution >= 0.6 is 0 Å². The summed E-state index contributed by atoms with van der Waals surface area (Å²) in [4.78, 5) is 47.1. The normalized spacial score (nSPS) is 21.9. The number of carboxylic acid groups (broad SMARTS) is 1. The first-order chi connectivity index (χ1) is 16.1. The van der Waals surface area contributed by atoms with Gasteiger partial charge in [-0.3, -0.25) is 19.3 Å². The van der Waals surface area contributed by atoms with Crippen LogP contribution in [0.15, 0.2) is 6.20 Å². The maximum absolute atomic E-state index is 12.7. The number of likely N-dealkylation sites (tertiary alicyclic amines) is 1. The third-order valence-corrected chi connectivity index (χ3v) is 6.41. The van der Waals surface area contributed by atoms with Crippen LogP contribution in [-0.4, -0.2) is 83.1 Å². The van der Waals surface area contributed by atoms with Gasteiger partial charge < -0.3 is 20.6 Å². The highest BCUT2D eigenvalue weighted by molar-refractivity contribution is 5.95. The number of amides is 2. The Morgan fingerprint density at radius 1 is 1.12 bits per heavy atom. The maximum atomic E-state index is 12.7. The molecule has 3 fully saturated rings. The van der Waals surface area contributed by atoms with Gasteiger partial charge >= 0.3 is 0 Å². The number of hydrogen-bond donors (Lipinski definition) is 3. The molecule has 1 aromatic heterocycles. The van der Waals surface area contributed by atoms with Gasteiger partial charge in [0, 0.05) is 64.9 Å². The van der Waals surface area contributed by atoms with Crippen LogP contribution in [0.5, 0.6) is 0 Å². The molecule has 0 aromatic carbocycles. The molecule has 4 rings (SSSR count). The van der Waals surface area contributed by atoms with Gasteiger partial charge in [-0.2, -0.15) is 0 Å². The summed E-state index contributed by atoms with van der Waals surface area (Å²) in [6.07, 6.45) is 9.03. The second-order valence-electron chi connectivity index (χ2n) is 9.86. The van der Waals surface area contributed by atoms with E-state index in [1.54, 1.807) is 6.20 Å². The molecule has 1 saturated heterocycles. The van der Waals surface area contributed by atoms with Gasteiger partial charge in [0.25, 0.3) is 11.9 Å². The Bertz CT molecular complexity index is 880. The first-order valence-electron chi connectivity index (χ1n) is 12.2. The molecule has 10 nitrogen and oxygen atoms in total. The summed E-state index contributed by atoms with van der Waals surface area (Å²) in [6, 6.07) is 0.987. The van der Waals surface area contributed by atoms with E-state index in [1.165, 1.54) is 12.8 Å². The summed E-state index contributed by atoms with van der Waals surface area (Å²) < 4.78 is 0. The number of aliphatic carboxylic acids is 1. The minimum atomic E-state index is -0.833. The van der Waals surface area contributed by atoms with E-state index in [-0.39, 0.29) is 23.9 Å². The van der Waals surface area contributed by atoms with Crippen LogP contribution in [0.3, 0.4) is 0 Å². The van der Waals surface area contributed by atoms with Crippen molar-refractivity contribution in [2.45, 2.75) is 76.9 Å². The smallest absolute Gasteiger partial charge is 0.300 e. The molecule has 0 bridgehead atoms. The fourth-order valence-electron chi connectivity index (χ4n) is 4.28. The third-order valence-electron chi connectivity index (χ3n) is 6.41. The van der Waals surface area contributed by atoms with E-state index in [0.29, 0.717) is 36.2 Å². The zero-order valence-electron chi connectivity index (χ0n) is 20.7. The molecule has 3 N–H and O–H groups in total. The molecule has 1 aliphatic heterocycles. The van der Waals surface area contributed by atoms with Crippen molar-refractivity contribution >= 4 is 23.7 Å². The van der Waals surface area contributed by atoms with Gasteiger partial charge in [0.05, 0.1) is 11.3 Å². The maximum Gasteiger partial charge on any atom is 0.300 e. The number of aryl methyl sites for hydroxylation is 1. The van der Waals surface area contributed by atoms with Crippen LogP contribution in [0.2, 0.25) is 0 Å². The fourth-order valence-corrected chi connectivity index (χ4v) is 4.28. The summed E-state index contributed by atoms with van der Waals surface area (Å²) in [5.41, 5.74) is 1.20. The van der Waals surface area contributed by atoms with Crippen LogP contribution in [0.25, 0.3) is 0 Å². The fraction of sp³-hybridized carbons (Fsp3) is 0.708. The minimum absolute atomic E-state index is 0.126. The van der Waals surface area contributed by atoms with E-state index in [2.05, 4.69) is 25.5 Å².